The van der Waals surface area contributed by atoms with Crippen LogP contribution in [-0.4, -0.2) is 31.5 Å². The van der Waals surface area contributed by atoms with Crippen molar-refractivity contribution in [2.75, 3.05) is 14.2 Å². The number of aryl methyl sites for hydroxylation is 1. The molecule has 0 fully saturated rings. The minimum atomic E-state index is -0.345. The van der Waals surface area contributed by atoms with Crippen molar-refractivity contribution in [1.29, 1.82) is 0 Å². The number of benzene rings is 2. The Morgan fingerprint density at radius 1 is 1.18 bits per heavy atom. The molecule has 2 aromatic rings. The van der Waals surface area contributed by atoms with Crippen molar-refractivity contribution in [2.24, 2.45) is 10.3 Å². The Morgan fingerprint density at radius 3 is 2.50 bits per heavy atom. The van der Waals surface area contributed by atoms with E-state index in [-0.39, 0.29) is 18.2 Å². The van der Waals surface area contributed by atoms with Crippen molar-refractivity contribution in [1.82, 2.24) is 5.32 Å². The van der Waals surface area contributed by atoms with Crippen LogP contribution in [0, 0.1) is 19.3 Å². The van der Waals surface area contributed by atoms with Crippen LogP contribution in [0.4, 0.5) is 0 Å². The summed E-state index contributed by atoms with van der Waals surface area (Å²) in [4.78, 5) is 22.6. The molecule has 0 unspecified atom stereocenters. The van der Waals surface area contributed by atoms with E-state index in [1.807, 2.05) is 50.2 Å². The topological polar surface area (TPSA) is 72.3 Å². The van der Waals surface area contributed by atoms with Gasteiger partial charge < -0.3 is 15.0 Å². The van der Waals surface area contributed by atoms with Gasteiger partial charge in [0.2, 0.25) is 0 Å². The van der Waals surface area contributed by atoms with Gasteiger partial charge in [0, 0.05) is 23.7 Å². The molecule has 144 valence electrons. The fourth-order valence-electron chi connectivity index (χ4n) is 2.59. The fourth-order valence-corrected chi connectivity index (χ4v) is 2.59. The highest BCUT2D eigenvalue weighted by Crippen LogP contribution is 2.18. The second-order valence-corrected chi connectivity index (χ2v) is 5.97. The van der Waals surface area contributed by atoms with E-state index >= 15 is 0 Å². The van der Waals surface area contributed by atoms with Crippen molar-refractivity contribution in [2.45, 2.75) is 20.5 Å². The van der Waals surface area contributed by atoms with Gasteiger partial charge in [-0.2, -0.15) is 0 Å². The van der Waals surface area contributed by atoms with Gasteiger partial charge in [-0.15, -0.1) is 6.42 Å². The molecule has 6 heteroatoms. The molecule has 1 N–H and O–H groups in total. The molecule has 0 spiro atoms. The van der Waals surface area contributed by atoms with Crippen LogP contribution in [-0.2, 0) is 21.1 Å². The molecule has 2 rings (SSSR count). The molecule has 0 saturated heterocycles. The molecular formula is C22H23N3O3. The number of oxime groups is 2. The highest BCUT2D eigenvalue weighted by Gasteiger charge is 2.19. The standard InChI is InChI=1S/C22H23N3O3/c1-6-17-10-12-18(13-11-17)16(3)24-28-14-20-15(2)8-7-9-19(20)21(25-27-5)22(26)23-4/h1,7-13H,14H2,2-5H3,(H,23,26)/b24-16+,25-21+. The maximum Gasteiger partial charge on any atom is 0.273 e. The zero-order valence-corrected chi connectivity index (χ0v) is 16.4. The number of amides is 1. The quantitative estimate of drug-likeness (QED) is 0.458. The lowest BCUT2D eigenvalue weighted by Crippen LogP contribution is -2.29. The van der Waals surface area contributed by atoms with Gasteiger partial charge in [0.15, 0.2) is 5.71 Å². The second kappa shape index (κ2) is 9.93. The first-order chi connectivity index (χ1) is 13.5. The molecule has 2 aromatic carbocycles. The van der Waals surface area contributed by atoms with Crippen molar-refractivity contribution in [3.8, 4) is 12.3 Å². The van der Waals surface area contributed by atoms with Crippen LogP contribution < -0.4 is 5.32 Å². The summed E-state index contributed by atoms with van der Waals surface area (Å²) in [5.74, 6) is 2.23. The average molecular weight is 377 g/mol. The summed E-state index contributed by atoms with van der Waals surface area (Å²) in [5.41, 5.74) is 5.01. The predicted octanol–water partition coefficient (Wildman–Crippen LogP) is 3.01. The monoisotopic (exact) mass is 377 g/mol. The third-order valence-electron chi connectivity index (χ3n) is 4.17. The van der Waals surface area contributed by atoms with E-state index in [0.29, 0.717) is 5.56 Å². The lowest BCUT2D eigenvalue weighted by Gasteiger charge is -2.13. The predicted molar refractivity (Wildman–Crippen MR) is 110 cm³/mol. The van der Waals surface area contributed by atoms with E-state index in [2.05, 4.69) is 21.5 Å². The van der Waals surface area contributed by atoms with Crippen LogP contribution in [0.1, 0.15) is 34.7 Å². The minimum Gasteiger partial charge on any atom is -0.398 e. The number of rotatable bonds is 7. The van der Waals surface area contributed by atoms with Crippen molar-refractivity contribution >= 4 is 17.3 Å². The van der Waals surface area contributed by atoms with Crippen molar-refractivity contribution in [3.05, 3.63) is 70.3 Å². The van der Waals surface area contributed by atoms with Gasteiger partial charge in [0.05, 0.1) is 5.71 Å². The third-order valence-corrected chi connectivity index (χ3v) is 4.17. The zero-order valence-electron chi connectivity index (χ0n) is 16.4. The normalized spacial score (nSPS) is 11.5. The van der Waals surface area contributed by atoms with Crippen LogP contribution >= 0.6 is 0 Å². The summed E-state index contributed by atoms with van der Waals surface area (Å²) >= 11 is 0. The lowest BCUT2D eigenvalue weighted by molar-refractivity contribution is -0.114. The van der Waals surface area contributed by atoms with E-state index in [1.165, 1.54) is 7.11 Å². The van der Waals surface area contributed by atoms with E-state index in [0.717, 1.165) is 28.0 Å². The van der Waals surface area contributed by atoms with Gasteiger partial charge in [0.1, 0.15) is 13.7 Å². The van der Waals surface area contributed by atoms with Crippen LogP contribution in [0.15, 0.2) is 52.8 Å². The Balaban J connectivity index is 2.25. The lowest BCUT2D eigenvalue weighted by atomic mass is 9.98. The minimum absolute atomic E-state index is 0.179. The third kappa shape index (κ3) is 4.98. The Kier molecular flexibility index (Phi) is 7.35. The second-order valence-electron chi connectivity index (χ2n) is 5.97. The molecule has 28 heavy (non-hydrogen) atoms. The summed E-state index contributed by atoms with van der Waals surface area (Å²) in [6.45, 7) is 3.97. The summed E-state index contributed by atoms with van der Waals surface area (Å²) < 4.78 is 0. The molecule has 0 aliphatic heterocycles. The van der Waals surface area contributed by atoms with Gasteiger partial charge in [-0.05, 0) is 37.1 Å². The molecule has 6 nitrogen and oxygen atoms in total. The van der Waals surface area contributed by atoms with Gasteiger partial charge in [-0.3, -0.25) is 4.79 Å². The van der Waals surface area contributed by atoms with E-state index in [9.17, 15) is 4.79 Å². The molecule has 1 amide bonds. The van der Waals surface area contributed by atoms with Crippen LogP contribution in [0.3, 0.4) is 0 Å². The fraction of sp³-hybridized carbons (Fsp3) is 0.227. The number of nitrogens with zero attached hydrogens (tertiary/aromatic N) is 2. The zero-order chi connectivity index (χ0) is 20.5. The van der Waals surface area contributed by atoms with E-state index in [1.54, 1.807) is 13.1 Å². The van der Waals surface area contributed by atoms with Gasteiger partial charge in [0.25, 0.3) is 5.91 Å². The maximum atomic E-state index is 12.2. The number of carbonyl (C=O) groups is 1. The molecule has 0 heterocycles. The van der Waals surface area contributed by atoms with Crippen molar-refractivity contribution in [3.63, 3.8) is 0 Å². The number of terminal acetylenes is 1. The summed E-state index contributed by atoms with van der Waals surface area (Å²) in [5, 5.41) is 10.6. The number of hydrogen-bond donors (Lipinski definition) is 1. The molecule has 0 bridgehead atoms. The summed E-state index contributed by atoms with van der Waals surface area (Å²) in [6.07, 6.45) is 5.37. The summed E-state index contributed by atoms with van der Waals surface area (Å²) in [7, 11) is 2.94. The van der Waals surface area contributed by atoms with Crippen molar-refractivity contribution < 1.29 is 14.5 Å². The number of nitrogens with one attached hydrogen (secondary N) is 1. The molecule has 0 aromatic heterocycles. The van der Waals surface area contributed by atoms with Crippen LogP contribution in [0.25, 0.3) is 0 Å². The highest BCUT2D eigenvalue weighted by atomic mass is 16.6. The Bertz CT molecular complexity index is 938. The van der Waals surface area contributed by atoms with Gasteiger partial charge >= 0.3 is 0 Å². The van der Waals surface area contributed by atoms with Crippen LogP contribution in [0.5, 0.6) is 0 Å². The van der Waals surface area contributed by atoms with Gasteiger partial charge in [-0.1, -0.05) is 46.6 Å². The largest absolute Gasteiger partial charge is 0.398 e. The van der Waals surface area contributed by atoms with E-state index < -0.39 is 0 Å². The first kappa shape index (κ1) is 20.7. The molecular weight excluding hydrogens is 354 g/mol. The Hall–Kier alpha value is -3.59. The Labute approximate surface area is 165 Å². The molecule has 0 radical (unpaired) electrons. The SMILES string of the molecule is C#Cc1ccc(/C(C)=N/OCc2c(C)cccc2/C(=N\OC)C(=O)NC)cc1. The maximum absolute atomic E-state index is 12.2. The Morgan fingerprint density at radius 2 is 1.89 bits per heavy atom. The number of carbonyl (C=O) groups excluding carboxylic acids is 1. The molecule has 0 atom stereocenters. The van der Waals surface area contributed by atoms with Crippen LogP contribution in [0.2, 0.25) is 0 Å². The first-order valence-corrected chi connectivity index (χ1v) is 8.67. The first-order valence-electron chi connectivity index (χ1n) is 8.67. The summed E-state index contributed by atoms with van der Waals surface area (Å²) in [6, 6.07) is 13.1. The van der Waals surface area contributed by atoms with Gasteiger partial charge in [-0.25, -0.2) is 0 Å². The number of hydrogen-bond acceptors (Lipinski definition) is 5. The molecule has 0 aliphatic carbocycles. The average Bonchev–Trinajstić information content (AvgIpc) is 2.72. The molecule has 0 aliphatic rings. The number of likely N-dealkylation sites (N-methyl/N-ethyl adjacent to an activating group) is 1. The van der Waals surface area contributed by atoms with E-state index in [4.69, 9.17) is 16.1 Å². The highest BCUT2D eigenvalue weighted by molar-refractivity contribution is 6.45. The molecule has 0 saturated carbocycles. The smallest absolute Gasteiger partial charge is 0.273 e.